The third-order valence-corrected chi connectivity index (χ3v) is 6.21. The predicted octanol–water partition coefficient (Wildman–Crippen LogP) is 0.810. The fraction of sp³-hybridized carbons (Fsp3) is 0.500. The number of carbonyl (C=O) groups is 3. The van der Waals surface area contributed by atoms with E-state index >= 15 is 0 Å². The summed E-state index contributed by atoms with van der Waals surface area (Å²) in [4.78, 5) is 39.4. The first-order chi connectivity index (χ1) is 13.6. The van der Waals surface area contributed by atoms with E-state index in [9.17, 15) is 22.8 Å². The van der Waals surface area contributed by atoms with Crippen molar-refractivity contribution in [2.45, 2.75) is 18.7 Å². The van der Waals surface area contributed by atoms with E-state index in [1.165, 1.54) is 49.0 Å². The smallest absolute Gasteiger partial charge is 0.409 e. The number of amides is 3. The number of carbonyl (C=O) groups excluding carboxylic acids is 3. The fourth-order valence-corrected chi connectivity index (χ4v) is 3.78. The third-order valence-electron chi connectivity index (χ3n) is 4.40. The number of anilines is 1. The van der Waals surface area contributed by atoms with Crippen LogP contribution in [0.25, 0.3) is 0 Å². The summed E-state index contributed by atoms with van der Waals surface area (Å²) in [5.74, 6) is -0.803. The minimum Gasteiger partial charge on any atom is -0.450 e. The van der Waals surface area contributed by atoms with Gasteiger partial charge in [-0.25, -0.2) is 17.5 Å². The number of benzene rings is 1. The maximum atomic E-state index is 13.1. The van der Waals surface area contributed by atoms with Crippen molar-refractivity contribution >= 4 is 33.6 Å². The van der Waals surface area contributed by atoms with Crippen LogP contribution < -0.4 is 5.32 Å². The van der Waals surface area contributed by atoms with Crippen LogP contribution in [-0.2, 0) is 19.6 Å². The van der Waals surface area contributed by atoms with Gasteiger partial charge in [0.1, 0.15) is 0 Å². The Bertz CT molecular complexity index is 892. The van der Waals surface area contributed by atoms with E-state index in [2.05, 4.69) is 5.32 Å². The molecule has 3 amide bonds. The zero-order chi connectivity index (χ0) is 21.8. The molecule has 29 heavy (non-hydrogen) atoms. The molecule has 0 bridgehead atoms. The van der Waals surface area contributed by atoms with E-state index < -0.39 is 22.0 Å². The van der Waals surface area contributed by atoms with E-state index in [-0.39, 0.29) is 41.7 Å². The van der Waals surface area contributed by atoms with Crippen LogP contribution in [0.15, 0.2) is 23.1 Å². The number of hydrogen-bond acceptors (Lipinski definition) is 6. The van der Waals surface area contributed by atoms with Crippen molar-refractivity contribution in [3.05, 3.63) is 23.8 Å². The fourth-order valence-electron chi connectivity index (χ4n) is 2.85. The number of ether oxygens (including phenoxy) is 1. The van der Waals surface area contributed by atoms with Crippen LogP contribution in [0, 0.1) is 0 Å². The van der Waals surface area contributed by atoms with Gasteiger partial charge in [0.05, 0.1) is 22.8 Å². The first-order valence-corrected chi connectivity index (χ1v) is 10.6. The minimum atomic E-state index is -3.75. The Labute approximate surface area is 170 Å². The number of piperazine rings is 1. The summed E-state index contributed by atoms with van der Waals surface area (Å²) in [7, 11) is -0.963. The summed E-state index contributed by atoms with van der Waals surface area (Å²) in [6.45, 7) is 4.42. The van der Waals surface area contributed by atoms with Crippen LogP contribution in [0.3, 0.4) is 0 Å². The molecule has 1 aromatic carbocycles. The molecule has 0 unspecified atom stereocenters. The second-order valence-electron chi connectivity index (χ2n) is 6.65. The van der Waals surface area contributed by atoms with Crippen molar-refractivity contribution in [3.8, 4) is 0 Å². The highest BCUT2D eigenvalue weighted by atomic mass is 32.2. The first kappa shape index (κ1) is 22.6. The van der Waals surface area contributed by atoms with Crippen LogP contribution in [0.1, 0.15) is 24.2 Å². The highest BCUT2D eigenvalue weighted by molar-refractivity contribution is 7.89. The van der Waals surface area contributed by atoms with Gasteiger partial charge in [-0.2, -0.15) is 0 Å². The average molecular weight is 426 g/mol. The van der Waals surface area contributed by atoms with Crippen molar-refractivity contribution in [1.29, 1.82) is 0 Å². The van der Waals surface area contributed by atoms with Gasteiger partial charge >= 0.3 is 6.09 Å². The Morgan fingerprint density at radius 2 is 1.69 bits per heavy atom. The van der Waals surface area contributed by atoms with E-state index in [0.29, 0.717) is 13.1 Å². The summed E-state index contributed by atoms with van der Waals surface area (Å²) < 4.78 is 30.9. The van der Waals surface area contributed by atoms with E-state index in [0.717, 1.165) is 4.31 Å². The monoisotopic (exact) mass is 426 g/mol. The molecular formula is C18H26N4O6S. The molecule has 10 nitrogen and oxygen atoms in total. The standard InChI is InChI=1S/C18H26N4O6S/c1-5-28-18(25)22-10-8-21(9-11-22)17(24)15-12-14(29(26,27)20(3)4)6-7-16(15)19-13(2)23/h6-7,12H,5,8-11H2,1-4H3,(H,19,23). The van der Waals surface area contributed by atoms with Crippen LogP contribution in [0.5, 0.6) is 0 Å². The van der Waals surface area contributed by atoms with E-state index in [1.807, 2.05) is 0 Å². The van der Waals surface area contributed by atoms with Crippen molar-refractivity contribution in [1.82, 2.24) is 14.1 Å². The van der Waals surface area contributed by atoms with Gasteiger partial charge in [-0.15, -0.1) is 0 Å². The summed E-state index contributed by atoms with van der Waals surface area (Å²) in [6, 6.07) is 4.01. The summed E-state index contributed by atoms with van der Waals surface area (Å²) in [6.07, 6.45) is -0.433. The topological polar surface area (TPSA) is 116 Å². The maximum Gasteiger partial charge on any atom is 0.409 e. The predicted molar refractivity (Wildman–Crippen MR) is 106 cm³/mol. The van der Waals surface area contributed by atoms with Gasteiger partial charge in [0.15, 0.2) is 0 Å². The molecule has 0 atom stereocenters. The molecule has 0 spiro atoms. The van der Waals surface area contributed by atoms with Gasteiger partial charge in [-0.05, 0) is 25.1 Å². The molecule has 1 N–H and O–H groups in total. The van der Waals surface area contributed by atoms with Gasteiger partial charge in [0.2, 0.25) is 15.9 Å². The van der Waals surface area contributed by atoms with Crippen molar-refractivity contribution in [2.24, 2.45) is 0 Å². The lowest BCUT2D eigenvalue weighted by molar-refractivity contribution is -0.114. The van der Waals surface area contributed by atoms with Gasteiger partial charge in [0.25, 0.3) is 5.91 Å². The number of hydrogen-bond donors (Lipinski definition) is 1. The van der Waals surface area contributed by atoms with Gasteiger partial charge in [0, 0.05) is 47.2 Å². The van der Waals surface area contributed by atoms with Crippen molar-refractivity contribution < 1.29 is 27.5 Å². The van der Waals surface area contributed by atoms with Gasteiger partial charge in [-0.1, -0.05) is 0 Å². The molecule has 0 radical (unpaired) electrons. The van der Waals surface area contributed by atoms with Crippen LogP contribution in [0.2, 0.25) is 0 Å². The average Bonchev–Trinajstić information content (AvgIpc) is 2.67. The SMILES string of the molecule is CCOC(=O)N1CCN(C(=O)c2cc(S(=O)(=O)N(C)C)ccc2NC(C)=O)CC1. The molecule has 0 aliphatic carbocycles. The zero-order valence-electron chi connectivity index (χ0n) is 17.0. The largest absolute Gasteiger partial charge is 0.450 e. The molecule has 11 heteroatoms. The van der Waals surface area contributed by atoms with Crippen LogP contribution >= 0.6 is 0 Å². The summed E-state index contributed by atoms with van der Waals surface area (Å²) in [5, 5.41) is 2.57. The highest BCUT2D eigenvalue weighted by Crippen LogP contribution is 2.24. The molecule has 1 heterocycles. The van der Waals surface area contributed by atoms with Crippen LogP contribution in [0.4, 0.5) is 10.5 Å². The molecule has 0 saturated carbocycles. The lowest BCUT2D eigenvalue weighted by Gasteiger charge is -2.34. The zero-order valence-corrected chi connectivity index (χ0v) is 17.8. The van der Waals surface area contributed by atoms with Gasteiger partial charge < -0.3 is 19.9 Å². The summed E-state index contributed by atoms with van der Waals surface area (Å²) >= 11 is 0. The Kier molecular flexibility index (Phi) is 7.20. The normalized spacial score (nSPS) is 14.7. The molecule has 1 aliphatic rings. The van der Waals surface area contributed by atoms with Gasteiger partial charge in [-0.3, -0.25) is 9.59 Å². The number of nitrogens with zero attached hydrogens (tertiary/aromatic N) is 3. The first-order valence-electron chi connectivity index (χ1n) is 9.13. The molecular weight excluding hydrogens is 400 g/mol. The van der Waals surface area contributed by atoms with E-state index in [1.54, 1.807) is 6.92 Å². The Morgan fingerprint density at radius 1 is 1.10 bits per heavy atom. The molecule has 160 valence electrons. The number of nitrogens with one attached hydrogen (secondary N) is 1. The Hall–Kier alpha value is -2.66. The Morgan fingerprint density at radius 3 is 2.21 bits per heavy atom. The summed E-state index contributed by atoms with van der Waals surface area (Å²) in [5.41, 5.74) is 0.306. The quantitative estimate of drug-likeness (QED) is 0.745. The second-order valence-corrected chi connectivity index (χ2v) is 8.81. The minimum absolute atomic E-state index is 0.0508. The molecule has 2 rings (SSSR count). The molecule has 0 aromatic heterocycles. The van der Waals surface area contributed by atoms with E-state index in [4.69, 9.17) is 4.74 Å². The molecule has 1 saturated heterocycles. The molecule has 1 fully saturated rings. The van der Waals surface area contributed by atoms with Crippen molar-refractivity contribution in [3.63, 3.8) is 0 Å². The number of sulfonamides is 1. The van der Waals surface area contributed by atoms with Crippen LogP contribution in [-0.4, -0.2) is 87.3 Å². The maximum absolute atomic E-state index is 13.1. The molecule has 1 aliphatic heterocycles. The lowest BCUT2D eigenvalue weighted by atomic mass is 10.1. The second kappa shape index (κ2) is 9.23. The lowest BCUT2D eigenvalue weighted by Crippen LogP contribution is -2.50. The number of rotatable bonds is 5. The molecule has 1 aromatic rings. The van der Waals surface area contributed by atoms with Crippen molar-refractivity contribution in [2.75, 3.05) is 52.2 Å². The Balaban J connectivity index is 2.30. The highest BCUT2D eigenvalue weighted by Gasteiger charge is 2.28. The third kappa shape index (κ3) is 5.24.